The molecule has 1 saturated heterocycles. The van der Waals surface area contributed by atoms with Crippen LogP contribution < -0.4 is 9.64 Å². The summed E-state index contributed by atoms with van der Waals surface area (Å²) >= 11 is 1.58. The highest BCUT2D eigenvalue weighted by atomic mass is 32.1. The molecule has 194 valence electrons. The molecule has 12 nitrogen and oxygen atoms in total. The smallest absolute Gasteiger partial charge is 0.414 e. The molecule has 1 aliphatic rings. The Kier molecular flexibility index (Phi) is 8.59. The van der Waals surface area contributed by atoms with E-state index in [0.29, 0.717) is 29.9 Å². The molecule has 0 atom stereocenters. The second-order valence-electron chi connectivity index (χ2n) is 8.15. The van der Waals surface area contributed by atoms with Gasteiger partial charge in [0, 0.05) is 44.2 Å². The van der Waals surface area contributed by atoms with E-state index >= 15 is 0 Å². The lowest BCUT2D eigenvalue weighted by atomic mass is 10.2. The van der Waals surface area contributed by atoms with Crippen LogP contribution in [-0.4, -0.2) is 85.9 Å². The number of benzene rings is 1. The van der Waals surface area contributed by atoms with E-state index in [1.54, 1.807) is 18.5 Å². The van der Waals surface area contributed by atoms with Crippen LogP contribution >= 0.6 is 11.5 Å². The van der Waals surface area contributed by atoms with E-state index in [0.717, 1.165) is 45.0 Å². The third kappa shape index (κ3) is 6.98. The highest BCUT2D eigenvalue weighted by molar-refractivity contribution is 7.13. The molecular weight excluding hydrogens is 500 g/mol. The van der Waals surface area contributed by atoms with Crippen LogP contribution in [0.1, 0.15) is 12.2 Å². The number of hydrogen-bond donors (Lipinski definition) is 2. The summed E-state index contributed by atoms with van der Waals surface area (Å²) in [6, 6.07) is 14.0. The fourth-order valence-corrected chi connectivity index (χ4v) is 4.56. The van der Waals surface area contributed by atoms with Crippen molar-refractivity contribution in [1.82, 2.24) is 24.4 Å². The number of piperazine rings is 1. The number of fused-ring (bicyclic) bond motifs is 1. The number of aliphatic carboxylic acids is 2. The summed E-state index contributed by atoms with van der Waals surface area (Å²) in [5.41, 5.74) is 0.629. The Morgan fingerprint density at radius 2 is 1.78 bits per heavy atom. The number of carboxylic acids is 2. The number of aromatic nitrogens is 4. The molecule has 2 N–H and O–H groups in total. The summed E-state index contributed by atoms with van der Waals surface area (Å²) in [4.78, 5) is 31.8. The molecule has 3 aromatic heterocycles. The molecule has 1 fully saturated rings. The first-order chi connectivity index (χ1) is 17.9. The predicted molar refractivity (Wildman–Crippen MR) is 136 cm³/mol. The third-order valence-corrected chi connectivity index (χ3v) is 6.37. The molecule has 0 bridgehead atoms. The van der Waals surface area contributed by atoms with Crippen LogP contribution in [0.5, 0.6) is 5.88 Å². The molecule has 1 aromatic carbocycles. The lowest BCUT2D eigenvalue weighted by molar-refractivity contribution is -0.159. The molecule has 4 aromatic rings. The standard InChI is InChI=1S/C22H24N6O2S.C2H2O4/c1-16-23-22(30-25-16)18-7-4-9-20(24-18)29-15-5-10-27-11-13-28(14-12-27)21-17-6-2-3-8-19(17)31-26-21;3-1(4)2(5)6/h2-4,6-9H,5,10-15H2,1H3;(H,3,4)(H,5,6). The normalized spacial score (nSPS) is 13.7. The van der Waals surface area contributed by atoms with Crippen LogP contribution in [0.3, 0.4) is 0 Å². The monoisotopic (exact) mass is 526 g/mol. The van der Waals surface area contributed by atoms with Crippen molar-refractivity contribution in [2.45, 2.75) is 13.3 Å². The number of nitrogens with zero attached hydrogens (tertiary/aromatic N) is 6. The van der Waals surface area contributed by atoms with Gasteiger partial charge in [0.15, 0.2) is 5.82 Å². The van der Waals surface area contributed by atoms with E-state index in [-0.39, 0.29) is 0 Å². The van der Waals surface area contributed by atoms with E-state index in [2.05, 4.69) is 49.2 Å². The van der Waals surface area contributed by atoms with Gasteiger partial charge in [0.2, 0.25) is 5.88 Å². The van der Waals surface area contributed by atoms with Crippen LogP contribution in [0.15, 0.2) is 47.0 Å². The maximum atomic E-state index is 9.10. The minimum atomic E-state index is -1.82. The van der Waals surface area contributed by atoms with Gasteiger partial charge in [-0.25, -0.2) is 14.6 Å². The first-order valence-electron chi connectivity index (χ1n) is 11.6. The number of pyridine rings is 1. The molecule has 0 unspecified atom stereocenters. The van der Waals surface area contributed by atoms with E-state index in [9.17, 15) is 0 Å². The summed E-state index contributed by atoms with van der Waals surface area (Å²) in [5, 5.41) is 19.9. The van der Waals surface area contributed by atoms with Crippen LogP contribution in [0, 0.1) is 6.92 Å². The van der Waals surface area contributed by atoms with Crippen molar-refractivity contribution in [1.29, 1.82) is 0 Å². The predicted octanol–water partition coefficient (Wildman–Crippen LogP) is 2.80. The Hall–Kier alpha value is -4.10. The van der Waals surface area contributed by atoms with Gasteiger partial charge in [-0.15, -0.1) is 0 Å². The number of rotatable bonds is 7. The third-order valence-electron chi connectivity index (χ3n) is 5.55. The van der Waals surface area contributed by atoms with Gasteiger partial charge in [-0.2, -0.15) is 9.36 Å². The zero-order valence-electron chi connectivity index (χ0n) is 20.1. The maximum Gasteiger partial charge on any atom is 0.414 e. The van der Waals surface area contributed by atoms with Gasteiger partial charge in [0.1, 0.15) is 11.5 Å². The Balaban J connectivity index is 0.000000480. The Morgan fingerprint density at radius 1 is 1.03 bits per heavy atom. The molecule has 1 aliphatic heterocycles. The van der Waals surface area contributed by atoms with Crippen molar-refractivity contribution in [3.63, 3.8) is 0 Å². The average Bonchev–Trinajstić information content (AvgIpc) is 3.54. The maximum absolute atomic E-state index is 9.10. The number of hydrogen-bond acceptors (Lipinski definition) is 11. The molecular formula is C24H26N6O6S. The fraction of sp³-hybridized carbons (Fsp3) is 0.333. The van der Waals surface area contributed by atoms with Gasteiger partial charge < -0.3 is 24.4 Å². The van der Waals surface area contributed by atoms with E-state index in [1.165, 1.54) is 10.1 Å². The van der Waals surface area contributed by atoms with E-state index in [4.69, 9.17) is 33.4 Å². The molecule has 0 aliphatic carbocycles. The van der Waals surface area contributed by atoms with Gasteiger partial charge >= 0.3 is 11.9 Å². The zero-order valence-corrected chi connectivity index (χ0v) is 20.9. The van der Waals surface area contributed by atoms with Gasteiger partial charge in [0.25, 0.3) is 5.89 Å². The molecule has 0 amide bonds. The van der Waals surface area contributed by atoms with Gasteiger partial charge in [0.05, 0.1) is 11.3 Å². The number of aryl methyl sites for hydroxylation is 1. The van der Waals surface area contributed by atoms with Crippen LogP contribution in [0.4, 0.5) is 5.82 Å². The van der Waals surface area contributed by atoms with Crippen molar-refractivity contribution in [3.05, 3.63) is 48.3 Å². The molecule has 13 heteroatoms. The van der Waals surface area contributed by atoms with Gasteiger partial charge in [-0.05, 0) is 43.1 Å². The molecule has 0 saturated carbocycles. The van der Waals surface area contributed by atoms with Crippen molar-refractivity contribution in [3.8, 4) is 17.5 Å². The van der Waals surface area contributed by atoms with Crippen molar-refractivity contribution < 1.29 is 29.1 Å². The Labute approximate surface area is 216 Å². The summed E-state index contributed by atoms with van der Waals surface area (Å²) in [6.45, 7) is 7.49. The molecule has 0 spiro atoms. The van der Waals surface area contributed by atoms with Gasteiger partial charge in [-0.3, -0.25) is 4.90 Å². The topological polar surface area (TPSA) is 155 Å². The number of carbonyl (C=O) groups is 2. The average molecular weight is 527 g/mol. The first-order valence-corrected chi connectivity index (χ1v) is 12.4. The van der Waals surface area contributed by atoms with Crippen LogP contribution in [0.25, 0.3) is 21.7 Å². The summed E-state index contributed by atoms with van der Waals surface area (Å²) in [5.74, 6) is -0.940. The second kappa shape index (κ2) is 12.2. The minimum absolute atomic E-state index is 0.411. The van der Waals surface area contributed by atoms with E-state index in [1.807, 2.05) is 18.2 Å². The second-order valence-corrected chi connectivity index (χ2v) is 8.96. The van der Waals surface area contributed by atoms with Gasteiger partial charge in [-0.1, -0.05) is 23.4 Å². The number of ether oxygens (including phenoxy) is 1. The molecule has 4 heterocycles. The lowest BCUT2D eigenvalue weighted by Gasteiger charge is -2.35. The summed E-state index contributed by atoms with van der Waals surface area (Å²) in [7, 11) is 0. The van der Waals surface area contributed by atoms with Crippen molar-refractivity contribution in [2.24, 2.45) is 0 Å². The van der Waals surface area contributed by atoms with Crippen molar-refractivity contribution in [2.75, 3.05) is 44.2 Å². The quantitative estimate of drug-likeness (QED) is 0.269. The summed E-state index contributed by atoms with van der Waals surface area (Å²) < 4.78 is 17.0. The number of carboxylic acid groups (broad SMARTS) is 2. The van der Waals surface area contributed by atoms with Crippen LogP contribution in [0.2, 0.25) is 0 Å². The first kappa shape index (κ1) is 26.0. The van der Waals surface area contributed by atoms with E-state index < -0.39 is 11.9 Å². The largest absolute Gasteiger partial charge is 0.478 e. The molecule has 37 heavy (non-hydrogen) atoms. The highest BCUT2D eigenvalue weighted by Gasteiger charge is 2.20. The lowest BCUT2D eigenvalue weighted by Crippen LogP contribution is -2.47. The molecule has 0 radical (unpaired) electrons. The highest BCUT2D eigenvalue weighted by Crippen LogP contribution is 2.29. The zero-order chi connectivity index (χ0) is 26.2. The number of anilines is 1. The SMILES string of the molecule is Cc1noc(-c2cccc(OCCCN3CCN(c4nsc5ccccc45)CC3)n2)n1.O=C(O)C(=O)O. The van der Waals surface area contributed by atoms with Crippen molar-refractivity contribution >= 4 is 39.4 Å². The minimum Gasteiger partial charge on any atom is -0.478 e. The molecule has 5 rings (SSSR count). The Bertz CT molecular complexity index is 1340. The Morgan fingerprint density at radius 3 is 2.49 bits per heavy atom. The summed E-state index contributed by atoms with van der Waals surface area (Å²) in [6.07, 6.45) is 0.950. The van der Waals surface area contributed by atoms with Crippen LogP contribution in [-0.2, 0) is 9.59 Å². The fourth-order valence-electron chi connectivity index (χ4n) is 3.76.